The van der Waals surface area contributed by atoms with Gasteiger partial charge in [-0.15, -0.1) is 0 Å². The van der Waals surface area contributed by atoms with Crippen LogP contribution in [0, 0.1) is 6.92 Å². The molecule has 0 bridgehead atoms. The van der Waals surface area contributed by atoms with E-state index in [9.17, 15) is 24.0 Å². The van der Waals surface area contributed by atoms with Gasteiger partial charge in [-0.05, 0) is 55.7 Å². The number of hydrogen-bond donors (Lipinski definition) is 5. The van der Waals surface area contributed by atoms with E-state index in [1.54, 1.807) is 13.0 Å². The Bertz CT molecular complexity index is 2320. The maximum Gasteiger partial charge on any atom is 0.257 e. The average molecular weight is 742 g/mol. The number of hydrogen-bond acceptors (Lipinski definition) is 9. The predicted octanol–water partition coefficient (Wildman–Crippen LogP) is 3.85. The Labute approximate surface area is 317 Å². The van der Waals surface area contributed by atoms with Crippen molar-refractivity contribution in [3.05, 3.63) is 89.1 Å². The predicted molar refractivity (Wildman–Crippen MR) is 209 cm³/mol. The summed E-state index contributed by atoms with van der Waals surface area (Å²) in [6.07, 6.45) is 0.488. The van der Waals surface area contributed by atoms with Gasteiger partial charge in [-0.2, -0.15) is 0 Å². The summed E-state index contributed by atoms with van der Waals surface area (Å²) in [4.78, 5) is 80.8. The molecule has 0 saturated carbocycles. The number of aromatic nitrogens is 3. The van der Waals surface area contributed by atoms with Crippen molar-refractivity contribution >= 4 is 51.8 Å². The van der Waals surface area contributed by atoms with E-state index in [1.807, 2.05) is 55.5 Å². The van der Waals surface area contributed by atoms with Crippen molar-refractivity contribution in [3.63, 3.8) is 0 Å². The second-order valence-corrected chi connectivity index (χ2v) is 14.4. The SMILES string of the molecule is CC(=O)c1c(C)[nH]c(-c2nc3ccc(N4CCN(CCNC(=O)CNc5cccc6c5C(=O)N(C5CCC(=O)NC5=O)C6)CC4)cc3[nH]2)c1-c1ccccc1. The van der Waals surface area contributed by atoms with Gasteiger partial charge in [0.1, 0.15) is 6.04 Å². The van der Waals surface area contributed by atoms with Crippen LogP contribution < -0.4 is 20.9 Å². The molecule has 4 amide bonds. The summed E-state index contributed by atoms with van der Waals surface area (Å²) in [5, 5.41) is 8.42. The number of nitrogens with one attached hydrogen (secondary N) is 5. The van der Waals surface area contributed by atoms with E-state index in [2.05, 4.69) is 47.9 Å². The van der Waals surface area contributed by atoms with E-state index in [4.69, 9.17) is 4.98 Å². The number of imidazole rings is 1. The molecule has 2 aromatic heterocycles. The second kappa shape index (κ2) is 14.9. The fourth-order valence-corrected chi connectivity index (χ4v) is 8.03. The fraction of sp³-hybridized carbons (Fsp3) is 0.317. The first-order valence-electron chi connectivity index (χ1n) is 18.7. The topological polar surface area (TPSA) is 176 Å². The van der Waals surface area contributed by atoms with Crippen molar-refractivity contribution in [1.29, 1.82) is 0 Å². The molecule has 282 valence electrons. The highest BCUT2D eigenvalue weighted by Gasteiger charge is 2.40. The number of benzene rings is 3. The first kappa shape index (κ1) is 35.7. The number of imide groups is 1. The Kier molecular flexibility index (Phi) is 9.66. The van der Waals surface area contributed by atoms with E-state index in [1.165, 1.54) is 4.90 Å². The summed E-state index contributed by atoms with van der Waals surface area (Å²) >= 11 is 0. The van der Waals surface area contributed by atoms with Crippen LogP contribution in [0.5, 0.6) is 0 Å². The molecule has 5 heterocycles. The highest BCUT2D eigenvalue weighted by atomic mass is 16.2. The number of aryl methyl sites for hydroxylation is 1. The van der Waals surface area contributed by atoms with Crippen LogP contribution >= 0.6 is 0 Å². The van der Waals surface area contributed by atoms with Crippen molar-refractivity contribution in [2.75, 3.05) is 56.0 Å². The second-order valence-electron chi connectivity index (χ2n) is 14.4. The van der Waals surface area contributed by atoms with Gasteiger partial charge < -0.3 is 30.4 Å². The van der Waals surface area contributed by atoms with E-state index < -0.39 is 11.9 Å². The van der Waals surface area contributed by atoms with Crippen molar-refractivity contribution in [2.45, 2.75) is 39.3 Å². The third-order valence-electron chi connectivity index (χ3n) is 10.8. The first-order chi connectivity index (χ1) is 26.6. The monoisotopic (exact) mass is 741 g/mol. The normalized spacial score (nSPS) is 17.4. The molecule has 2 saturated heterocycles. The molecule has 5 N–H and O–H groups in total. The molecular formula is C41H43N9O5. The minimum Gasteiger partial charge on any atom is -0.376 e. The van der Waals surface area contributed by atoms with Gasteiger partial charge in [-0.1, -0.05) is 42.5 Å². The van der Waals surface area contributed by atoms with E-state index in [0.717, 1.165) is 71.0 Å². The molecule has 0 spiro atoms. The molecule has 1 unspecified atom stereocenters. The zero-order chi connectivity index (χ0) is 38.2. The van der Waals surface area contributed by atoms with E-state index in [0.29, 0.717) is 42.1 Å². The Hall–Kier alpha value is -6.28. The van der Waals surface area contributed by atoms with Gasteiger partial charge in [0.25, 0.3) is 5.91 Å². The standard InChI is InChI=1S/C41H43N9O5/c1-24-35(25(2)51)37(26-7-4-3-5-8-26)38(44-24)39-45-29-12-11-28(21-31(29)46-39)49-19-17-48(18-20-49)16-15-42-34(53)22-43-30-10-6-9-27-23-50(41(55)36(27)30)32-13-14-33(52)47-40(32)54/h3-12,21,32,43-44H,13-20,22-23H2,1-2H3,(H,42,53)(H,45,46)(H,47,52,54). The fourth-order valence-electron chi connectivity index (χ4n) is 8.03. The number of amides is 4. The largest absolute Gasteiger partial charge is 0.376 e. The van der Waals surface area contributed by atoms with Crippen molar-refractivity contribution < 1.29 is 24.0 Å². The van der Waals surface area contributed by atoms with Crippen molar-refractivity contribution in [1.82, 2.24) is 35.4 Å². The van der Waals surface area contributed by atoms with Gasteiger partial charge in [-0.25, -0.2) is 4.98 Å². The van der Waals surface area contributed by atoms with Gasteiger partial charge in [0.2, 0.25) is 17.7 Å². The number of Topliss-reactive ketones (excluding diaryl/α,β-unsaturated/α-hetero) is 1. The van der Waals surface area contributed by atoms with Crippen LogP contribution in [0.3, 0.4) is 0 Å². The maximum absolute atomic E-state index is 13.3. The van der Waals surface area contributed by atoms with Crippen molar-refractivity contribution in [2.24, 2.45) is 0 Å². The number of nitrogens with zero attached hydrogens (tertiary/aromatic N) is 4. The number of piperazine rings is 1. The molecule has 0 aliphatic carbocycles. The third kappa shape index (κ3) is 7.08. The van der Waals surface area contributed by atoms with Gasteiger partial charge in [0, 0.05) is 80.4 Å². The van der Waals surface area contributed by atoms with Gasteiger partial charge in [0.15, 0.2) is 11.6 Å². The highest BCUT2D eigenvalue weighted by molar-refractivity contribution is 6.08. The maximum atomic E-state index is 13.3. The number of anilines is 2. The van der Waals surface area contributed by atoms with Gasteiger partial charge in [0.05, 0.1) is 28.8 Å². The van der Waals surface area contributed by atoms with Crippen LogP contribution in [-0.2, 0) is 20.9 Å². The number of piperidine rings is 1. The Balaban J connectivity index is 0.832. The molecule has 5 aromatic rings. The first-order valence-corrected chi connectivity index (χ1v) is 18.7. The molecule has 0 radical (unpaired) electrons. The molecule has 8 rings (SSSR count). The summed E-state index contributed by atoms with van der Waals surface area (Å²) in [6, 6.07) is 20.9. The van der Waals surface area contributed by atoms with Crippen LogP contribution in [0.1, 0.15) is 51.7 Å². The summed E-state index contributed by atoms with van der Waals surface area (Å²) in [6.45, 7) is 8.36. The van der Waals surface area contributed by atoms with Crippen LogP contribution in [0.2, 0.25) is 0 Å². The summed E-state index contributed by atoms with van der Waals surface area (Å²) in [7, 11) is 0. The quantitative estimate of drug-likeness (QED) is 0.0995. The lowest BCUT2D eigenvalue weighted by Crippen LogP contribution is -2.52. The molecule has 1 atom stereocenters. The van der Waals surface area contributed by atoms with Gasteiger partial charge >= 0.3 is 0 Å². The molecule has 14 nitrogen and oxygen atoms in total. The number of aromatic amines is 2. The molecule has 3 aliphatic heterocycles. The number of rotatable bonds is 11. The summed E-state index contributed by atoms with van der Waals surface area (Å²) < 4.78 is 0. The van der Waals surface area contributed by atoms with Crippen LogP contribution in [0.15, 0.2) is 66.7 Å². The Morgan fingerprint density at radius 1 is 0.927 bits per heavy atom. The smallest absolute Gasteiger partial charge is 0.257 e. The minimum absolute atomic E-state index is 0.00262. The van der Waals surface area contributed by atoms with E-state index in [-0.39, 0.29) is 43.0 Å². The zero-order valence-corrected chi connectivity index (χ0v) is 30.8. The minimum atomic E-state index is -0.693. The van der Waals surface area contributed by atoms with Gasteiger partial charge in [-0.3, -0.25) is 34.2 Å². The number of carbonyl (C=O) groups excluding carboxylic acids is 5. The molecular weight excluding hydrogens is 699 g/mol. The lowest BCUT2D eigenvalue weighted by atomic mass is 9.98. The Morgan fingerprint density at radius 3 is 2.49 bits per heavy atom. The van der Waals surface area contributed by atoms with Crippen LogP contribution in [0.25, 0.3) is 33.7 Å². The highest BCUT2D eigenvalue weighted by Crippen LogP contribution is 2.37. The third-order valence-corrected chi connectivity index (χ3v) is 10.8. The molecule has 14 heteroatoms. The van der Waals surface area contributed by atoms with Crippen molar-refractivity contribution in [3.8, 4) is 22.6 Å². The molecule has 3 aromatic carbocycles. The number of fused-ring (bicyclic) bond motifs is 2. The average Bonchev–Trinajstić information content (AvgIpc) is 3.87. The molecule has 55 heavy (non-hydrogen) atoms. The lowest BCUT2D eigenvalue weighted by molar-refractivity contribution is -0.137. The summed E-state index contributed by atoms with van der Waals surface area (Å²) in [5.74, 6) is -0.559. The van der Waals surface area contributed by atoms with E-state index >= 15 is 0 Å². The molecule has 3 aliphatic rings. The number of carbonyl (C=O) groups is 5. The number of ketones is 1. The summed E-state index contributed by atoms with van der Waals surface area (Å²) in [5.41, 5.74) is 8.73. The van der Waals surface area contributed by atoms with Crippen LogP contribution in [-0.4, -0.2) is 106 Å². The Morgan fingerprint density at radius 2 is 1.73 bits per heavy atom. The van der Waals surface area contributed by atoms with Crippen LogP contribution in [0.4, 0.5) is 11.4 Å². The zero-order valence-electron chi connectivity index (χ0n) is 30.8. The number of H-pyrrole nitrogens is 2. The lowest BCUT2D eigenvalue weighted by Gasteiger charge is -2.36. The molecule has 2 fully saturated rings.